The molecule has 19 heteroatoms. The minimum atomic E-state index is -4.95. The van der Waals surface area contributed by atoms with Crippen LogP contribution in [-0.2, 0) is 65.4 Å². The van der Waals surface area contributed by atoms with Crippen molar-refractivity contribution in [3.8, 4) is 0 Å². The molecule has 0 aromatic rings. The summed E-state index contributed by atoms with van der Waals surface area (Å²) >= 11 is 0. The summed E-state index contributed by atoms with van der Waals surface area (Å²) in [4.78, 5) is 72.4. The Labute approximate surface area is 543 Å². The molecule has 3 unspecified atom stereocenters. The summed E-state index contributed by atoms with van der Waals surface area (Å²) in [6, 6.07) is 0. The van der Waals surface area contributed by atoms with Gasteiger partial charge in [0.05, 0.1) is 26.4 Å². The number of phosphoric acid groups is 2. The van der Waals surface area contributed by atoms with E-state index in [-0.39, 0.29) is 25.7 Å². The van der Waals surface area contributed by atoms with E-state index >= 15 is 0 Å². The molecule has 0 aliphatic rings. The topological polar surface area (TPSA) is 237 Å². The predicted molar refractivity (Wildman–Crippen MR) is 358 cm³/mol. The molecule has 0 aromatic carbocycles. The fourth-order valence-electron chi connectivity index (χ4n) is 10.6. The van der Waals surface area contributed by atoms with Crippen LogP contribution in [0, 0.1) is 5.92 Å². The molecule has 0 saturated carbocycles. The van der Waals surface area contributed by atoms with Gasteiger partial charge in [-0.2, -0.15) is 0 Å². The number of esters is 4. The molecule has 0 rings (SSSR count). The van der Waals surface area contributed by atoms with E-state index in [0.29, 0.717) is 25.7 Å². The van der Waals surface area contributed by atoms with Crippen molar-refractivity contribution < 1.29 is 80.2 Å². The third-order valence-electron chi connectivity index (χ3n) is 16.6. The third kappa shape index (κ3) is 63.2. The first-order chi connectivity index (χ1) is 43.1. The molecule has 3 N–H and O–H groups in total. The van der Waals surface area contributed by atoms with E-state index in [0.717, 1.165) is 95.8 Å². The Bertz CT molecular complexity index is 1720. The second-order valence-corrected chi connectivity index (χ2v) is 28.4. The molecule has 528 valence electrons. The van der Waals surface area contributed by atoms with Crippen LogP contribution >= 0.6 is 15.6 Å². The summed E-state index contributed by atoms with van der Waals surface area (Å²) in [6.45, 7) is 7.18. The van der Waals surface area contributed by atoms with E-state index in [4.69, 9.17) is 37.0 Å². The fraction of sp³-hybridized carbons (Fsp3) is 0.943. The molecule has 0 heterocycles. The lowest BCUT2D eigenvalue weighted by molar-refractivity contribution is -0.161. The van der Waals surface area contributed by atoms with Crippen LogP contribution in [0.25, 0.3) is 0 Å². The Morgan fingerprint density at radius 1 is 0.315 bits per heavy atom. The summed E-state index contributed by atoms with van der Waals surface area (Å²) in [6.07, 6.45) is 50.0. The van der Waals surface area contributed by atoms with Crippen molar-refractivity contribution in [1.82, 2.24) is 0 Å². The van der Waals surface area contributed by atoms with Gasteiger partial charge in [-0.3, -0.25) is 37.3 Å². The summed E-state index contributed by atoms with van der Waals surface area (Å²) < 4.78 is 68.2. The monoisotopic (exact) mass is 1310 g/mol. The Morgan fingerprint density at radius 3 is 0.798 bits per heavy atom. The highest BCUT2D eigenvalue weighted by atomic mass is 31.2. The van der Waals surface area contributed by atoms with Crippen molar-refractivity contribution in [2.75, 3.05) is 39.6 Å². The molecule has 0 aromatic heterocycles. The van der Waals surface area contributed by atoms with Gasteiger partial charge < -0.3 is 33.8 Å². The maximum atomic E-state index is 13.0. The summed E-state index contributed by atoms with van der Waals surface area (Å²) in [5.41, 5.74) is 0. The molecular formula is C70H136O17P2. The number of aliphatic hydroxyl groups excluding tert-OH is 1. The van der Waals surface area contributed by atoms with Crippen LogP contribution in [-0.4, -0.2) is 96.7 Å². The molecule has 0 saturated heterocycles. The van der Waals surface area contributed by atoms with Crippen molar-refractivity contribution in [3.63, 3.8) is 0 Å². The van der Waals surface area contributed by atoms with Crippen molar-refractivity contribution in [2.24, 2.45) is 5.92 Å². The number of unbranched alkanes of at least 4 members (excludes halogenated alkanes) is 41. The van der Waals surface area contributed by atoms with E-state index in [2.05, 4.69) is 34.6 Å². The first kappa shape index (κ1) is 87.1. The van der Waals surface area contributed by atoms with Gasteiger partial charge in [0, 0.05) is 25.7 Å². The standard InChI is InChI=1S/C70H136O17P2/c1-6-10-13-16-19-22-24-26-27-28-29-30-31-33-36-39-45-50-55-69(74)86-65(59-81-68(73)54-49-44-38-35-32-25-23-20-17-14-11-7-2)61-84-88(76,77)82-57-64(71)58-83-89(78,79)85-62-66(60-80-67(72)53-48-43-37-34-21-18-15-12-8-3)87-70(75)56-51-46-41-40-42-47-52-63(5)9-4/h63-66,71H,6-62H2,1-5H3,(H,76,77)(H,78,79)/t63?,64-,65-,66-/m1/s1. The number of phosphoric ester groups is 2. The van der Waals surface area contributed by atoms with Gasteiger partial charge in [0.2, 0.25) is 0 Å². The van der Waals surface area contributed by atoms with Gasteiger partial charge in [-0.1, -0.05) is 311 Å². The normalized spacial score (nSPS) is 14.4. The highest BCUT2D eigenvalue weighted by molar-refractivity contribution is 7.47. The first-order valence-electron chi connectivity index (χ1n) is 36.7. The maximum absolute atomic E-state index is 13.0. The van der Waals surface area contributed by atoms with Gasteiger partial charge in [-0.25, -0.2) is 9.13 Å². The second kappa shape index (κ2) is 63.5. The molecule has 17 nitrogen and oxygen atoms in total. The Balaban J connectivity index is 5.21. The van der Waals surface area contributed by atoms with E-state index in [1.165, 1.54) is 186 Å². The number of carbonyl (C=O) groups is 4. The van der Waals surface area contributed by atoms with Crippen LogP contribution in [0.5, 0.6) is 0 Å². The quantitative estimate of drug-likeness (QED) is 0.0222. The molecule has 0 aliphatic carbocycles. The third-order valence-corrected chi connectivity index (χ3v) is 18.5. The number of carbonyl (C=O) groups excluding carboxylic acids is 4. The van der Waals surface area contributed by atoms with Gasteiger partial charge in [-0.15, -0.1) is 0 Å². The molecule has 0 bridgehead atoms. The van der Waals surface area contributed by atoms with Crippen molar-refractivity contribution >= 4 is 39.5 Å². The molecule has 6 atom stereocenters. The largest absolute Gasteiger partial charge is 0.472 e. The summed E-state index contributed by atoms with van der Waals surface area (Å²) in [7, 11) is -9.90. The second-order valence-electron chi connectivity index (χ2n) is 25.5. The van der Waals surface area contributed by atoms with E-state index < -0.39 is 97.5 Å². The highest BCUT2D eigenvalue weighted by Gasteiger charge is 2.30. The molecular weight excluding hydrogens is 1170 g/mol. The molecule has 0 amide bonds. The predicted octanol–water partition coefficient (Wildman–Crippen LogP) is 20.1. The zero-order chi connectivity index (χ0) is 65.6. The number of ether oxygens (including phenoxy) is 4. The SMILES string of the molecule is CCCCCCCCCCCCCCCCCCCCC(=O)O[C@H](COC(=O)CCCCCCCCCCCCCC)COP(=O)(O)OC[C@@H](O)COP(=O)(O)OC[C@@H](COC(=O)CCCCCCCCCCC)OC(=O)CCCCCCCCC(C)CC. The van der Waals surface area contributed by atoms with E-state index in [1.54, 1.807) is 0 Å². The molecule has 89 heavy (non-hydrogen) atoms. The van der Waals surface area contributed by atoms with E-state index in [9.17, 15) is 43.2 Å². The van der Waals surface area contributed by atoms with Crippen LogP contribution in [0.2, 0.25) is 0 Å². The number of aliphatic hydroxyl groups is 1. The van der Waals surface area contributed by atoms with Crippen molar-refractivity contribution in [3.05, 3.63) is 0 Å². The van der Waals surface area contributed by atoms with Gasteiger partial charge >= 0.3 is 39.5 Å². The van der Waals surface area contributed by atoms with Crippen LogP contribution in [0.4, 0.5) is 0 Å². The Hall–Kier alpha value is -1.94. The zero-order valence-electron chi connectivity index (χ0n) is 57.6. The molecule has 0 spiro atoms. The highest BCUT2D eigenvalue weighted by Crippen LogP contribution is 2.45. The Kier molecular flexibility index (Phi) is 62.1. The van der Waals surface area contributed by atoms with Crippen molar-refractivity contribution in [1.29, 1.82) is 0 Å². The van der Waals surface area contributed by atoms with Crippen molar-refractivity contribution in [2.45, 2.75) is 380 Å². The lowest BCUT2D eigenvalue weighted by Gasteiger charge is -2.21. The van der Waals surface area contributed by atoms with E-state index in [1.807, 2.05) is 0 Å². The van der Waals surface area contributed by atoms with Gasteiger partial charge in [0.1, 0.15) is 19.3 Å². The van der Waals surface area contributed by atoms with Gasteiger partial charge in [0.25, 0.3) is 0 Å². The van der Waals surface area contributed by atoms with Crippen LogP contribution in [0.1, 0.15) is 362 Å². The van der Waals surface area contributed by atoms with Crippen LogP contribution in [0.3, 0.4) is 0 Å². The molecule has 0 aliphatic heterocycles. The van der Waals surface area contributed by atoms with Crippen LogP contribution in [0.15, 0.2) is 0 Å². The molecule has 0 fully saturated rings. The number of rotatable bonds is 70. The average molecular weight is 1310 g/mol. The number of hydrogen-bond acceptors (Lipinski definition) is 15. The maximum Gasteiger partial charge on any atom is 0.472 e. The number of hydrogen-bond donors (Lipinski definition) is 3. The van der Waals surface area contributed by atoms with Gasteiger partial charge in [0.15, 0.2) is 12.2 Å². The zero-order valence-corrected chi connectivity index (χ0v) is 59.4. The smallest absolute Gasteiger partial charge is 0.462 e. The minimum Gasteiger partial charge on any atom is -0.462 e. The fourth-order valence-corrected chi connectivity index (χ4v) is 12.2. The Morgan fingerprint density at radius 2 is 0.539 bits per heavy atom. The lowest BCUT2D eigenvalue weighted by atomic mass is 10.00. The molecule has 0 radical (unpaired) electrons. The minimum absolute atomic E-state index is 0.103. The lowest BCUT2D eigenvalue weighted by Crippen LogP contribution is -2.30. The summed E-state index contributed by atoms with van der Waals surface area (Å²) in [5.74, 6) is -1.41. The first-order valence-corrected chi connectivity index (χ1v) is 39.7. The summed E-state index contributed by atoms with van der Waals surface area (Å²) in [5, 5.41) is 10.6. The van der Waals surface area contributed by atoms with Crippen LogP contribution < -0.4 is 0 Å². The van der Waals surface area contributed by atoms with Gasteiger partial charge in [-0.05, 0) is 31.6 Å². The average Bonchev–Trinajstić information content (AvgIpc) is 3.64.